The first-order valence-corrected chi connectivity index (χ1v) is 5.12. The van der Waals surface area contributed by atoms with Gasteiger partial charge in [-0.3, -0.25) is 4.79 Å². The molecule has 0 radical (unpaired) electrons. The van der Waals surface area contributed by atoms with Gasteiger partial charge in [0.1, 0.15) is 6.61 Å². The minimum Gasteiger partial charge on any atom is -0.462 e. The molecule has 0 amide bonds. The van der Waals surface area contributed by atoms with E-state index in [1.54, 1.807) is 7.11 Å². The SMILES string of the molecule is COCCOCCOC(=O)CNC(C)C. The van der Waals surface area contributed by atoms with Crippen molar-refractivity contribution in [2.24, 2.45) is 0 Å². The van der Waals surface area contributed by atoms with Gasteiger partial charge in [0.25, 0.3) is 0 Å². The first kappa shape index (κ1) is 14.3. The summed E-state index contributed by atoms with van der Waals surface area (Å²) >= 11 is 0. The molecule has 0 heterocycles. The van der Waals surface area contributed by atoms with Crippen molar-refractivity contribution in [3.63, 3.8) is 0 Å². The number of carbonyl (C=O) groups excluding carboxylic acids is 1. The normalized spacial score (nSPS) is 10.7. The van der Waals surface area contributed by atoms with Gasteiger partial charge in [0.15, 0.2) is 0 Å². The summed E-state index contributed by atoms with van der Waals surface area (Å²) in [6.07, 6.45) is 0. The molecule has 0 aromatic rings. The molecule has 0 saturated carbocycles. The Labute approximate surface area is 91.1 Å². The fourth-order valence-corrected chi connectivity index (χ4v) is 0.797. The molecule has 15 heavy (non-hydrogen) atoms. The number of esters is 1. The van der Waals surface area contributed by atoms with Crippen LogP contribution in [0.25, 0.3) is 0 Å². The Bertz CT molecular complexity index is 162. The first-order valence-electron chi connectivity index (χ1n) is 5.12. The van der Waals surface area contributed by atoms with Gasteiger partial charge in [0.2, 0.25) is 0 Å². The molecule has 0 aliphatic carbocycles. The second-order valence-corrected chi connectivity index (χ2v) is 3.36. The molecule has 90 valence electrons. The Morgan fingerprint density at radius 2 is 1.87 bits per heavy atom. The molecule has 0 rings (SSSR count). The molecular weight excluding hydrogens is 198 g/mol. The fraction of sp³-hybridized carbons (Fsp3) is 0.900. The number of nitrogens with one attached hydrogen (secondary N) is 1. The van der Waals surface area contributed by atoms with Crippen molar-refractivity contribution in [3.05, 3.63) is 0 Å². The lowest BCUT2D eigenvalue weighted by atomic mass is 10.4. The summed E-state index contributed by atoms with van der Waals surface area (Å²) in [5, 5.41) is 2.97. The predicted molar refractivity (Wildman–Crippen MR) is 56.8 cm³/mol. The average molecular weight is 219 g/mol. The molecule has 5 heteroatoms. The van der Waals surface area contributed by atoms with Crippen LogP contribution in [-0.2, 0) is 19.0 Å². The molecule has 0 saturated heterocycles. The van der Waals surface area contributed by atoms with Crippen molar-refractivity contribution < 1.29 is 19.0 Å². The highest BCUT2D eigenvalue weighted by Crippen LogP contribution is 1.82. The molecule has 0 spiro atoms. The van der Waals surface area contributed by atoms with E-state index in [4.69, 9.17) is 14.2 Å². The lowest BCUT2D eigenvalue weighted by molar-refractivity contribution is -0.144. The molecule has 0 fully saturated rings. The summed E-state index contributed by atoms with van der Waals surface area (Å²) in [5.41, 5.74) is 0. The third kappa shape index (κ3) is 11.3. The van der Waals surface area contributed by atoms with Crippen molar-refractivity contribution in [1.29, 1.82) is 0 Å². The third-order valence-corrected chi connectivity index (χ3v) is 1.58. The summed E-state index contributed by atoms with van der Waals surface area (Å²) in [7, 11) is 1.61. The first-order chi connectivity index (χ1) is 7.16. The molecule has 0 aliphatic rings. The van der Waals surface area contributed by atoms with Crippen LogP contribution < -0.4 is 5.32 Å². The summed E-state index contributed by atoms with van der Waals surface area (Å²) < 4.78 is 14.8. The van der Waals surface area contributed by atoms with Crippen LogP contribution in [0.15, 0.2) is 0 Å². The number of carbonyl (C=O) groups is 1. The topological polar surface area (TPSA) is 56.8 Å². The van der Waals surface area contributed by atoms with E-state index in [9.17, 15) is 4.79 Å². The van der Waals surface area contributed by atoms with Gasteiger partial charge in [0, 0.05) is 13.2 Å². The summed E-state index contributed by atoms with van der Waals surface area (Å²) in [6, 6.07) is 0.288. The summed E-state index contributed by atoms with van der Waals surface area (Å²) in [4.78, 5) is 11.1. The molecule has 0 aromatic heterocycles. The summed E-state index contributed by atoms with van der Waals surface area (Å²) in [6.45, 7) is 5.98. The number of rotatable bonds is 9. The molecule has 0 atom stereocenters. The second-order valence-electron chi connectivity index (χ2n) is 3.36. The highest BCUT2D eigenvalue weighted by atomic mass is 16.6. The van der Waals surface area contributed by atoms with Gasteiger partial charge in [0.05, 0.1) is 26.4 Å². The fourth-order valence-electron chi connectivity index (χ4n) is 0.797. The Balaban J connectivity index is 3.17. The van der Waals surface area contributed by atoms with E-state index in [1.165, 1.54) is 0 Å². The zero-order valence-electron chi connectivity index (χ0n) is 9.75. The predicted octanol–water partition coefficient (Wildman–Crippen LogP) is 0.191. The van der Waals surface area contributed by atoms with Gasteiger partial charge in [-0.2, -0.15) is 0 Å². The van der Waals surface area contributed by atoms with E-state index in [0.717, 1.165) is 0 Å². The Morgan fingerprint density at radius 1 is 1.20 bits per heavy atom. The second kappa shape index (κ2) is 9.89. The maximum absolute atomic E-state index is 11.1. The molecule has 0 unspecified atom stereocenters. The van der Waals surface area contributed by atoms with Crippen molar-refractivity contribution in [2.75, 3.05) is 40.1 Å². The molecule has 0 aromatic carbocycles. The highest BCUT2D eigenvalue weighted by molar-refractivity contribution is 5.71. The van der Waals surface area contributed by atoms with Crippen molar-refractivity contribution in [1.82, 2.24) is 5.32 Å². The van der Waals surface area contributed by atoms with Gasteiger partial charge in [-0.05, 0) is 0 Å². The molecule has 5 nitrogen and oxygen atoms in total. The van der Waals surface area contributed by atoms with Gasteiger partial charge >= 0.3 is 5.97 Å². The largest absolute Gasteiger partial charge is 0.462 e. The van der Waals surface area contributed by atoms with Crippen molar-refractivity contribution in [3.8, 4) is 0 Å². The molecular formula is C10H21NO4. The lowest BCUT2D eigenvalue weighted by Crippen LogP contribution is -2.30. The maximum atomic E-state index is 11.1. The minimum atomic E-state index is -0.251. The van der Waals surface area contributed by atoms with Crippen LogP contribution in [-0.4, -0.2) is 52.1 Å². The molecule has 1 N–H and O–H groups in total. The number of ether oxygens (including phenoxy) is 3. The Morgan fingerprint density at radius 3 is 2.47 bits per heavy atom. The van der Waals surface area contributed by atoms with Crippen LogP contribution in [0.1, 0.15) is 13.8 Å². The lowest BCUT2D eigenvalue weighted by Gasteiger charge is -2.08. The number of methoxy groups -OCH3 is 1. The maximum Gasteiger partial charge on any atom is 0.320 e. The van der Waals surface area contributed by atoms with Gasteiger partial charge in [-0.1, -0.05) is 13.8 Å². The monoisotopic (exact) mass is 219 g/mol. The average Bonchev–Trinajstić information content (AvgIpc) is 2.20. The van der Waals surface area contributed by atoms with Crippen LogP contribution in [0.5, 0.6) is 0 Å². The van der Waals surface area contributed by atoms with Crippen LogP contribution in [0, 0.1) is 0 Å². The van der Waals surface area contributed by atoms with Crippen LogP contribution in [0.2, 0.25) is 0 Å². The van der Waals surface area contributed by atoms with Gasteiger partial charge in [-0.25, -0.2) is 0 Å². The third-order valence-electron chi connectivity index (χ3n) is 1.58. The van der Waals surface area contributed by atoms with Crippen molar-refractivity contribution >= 4 is 5.97 Å². The van der Waals surface area contributed by atoms with Crippen molar-refractivity contribution in [2.45, 2.75) is 19.9 Å². The van der Waals surface area contributed by atoms with E-state index in [1.807, 2.05) is 13.8 Å². The zero-order chi connectivity index (χ0) is 11.5. The van der Waals surface area contributed by atoms with E-state index >= 15 is 0 Å². The minimum absolute atomic E-state index is 0.246. The summed E-state index contributed by atoms with van der Waals surface area (Å²) in [5.74, 6) is -0.251. The number of hydrogen-bond donors (Lipinski definition) is 1. The van der Waals surface area contributed by atoms with E-state index < -0.39 is 0 Å². The van der Waals surface area contributed by atoms with Crippen LogP contribution in [0.3, 0.4) is 0 Å². The van der Waals surface area contributed by atoms with E-state index in [2.05, 4.69) is 5.32 Å². The van der Waals surface area contributed by atoms with Crippen LogP contribution in [0.4, 0.5) is 0 Å². The number of hydrogen-bond acceptors (Lipinski definition) is 5. The Kier molecular flexibility index (Phi) is 9.46. The van der Waals surface area contributed by atoms with Crippen LogP contribution >= 0.6 is 0 Å². The highest BCUT2D eigenvalue weighted by Gasteiger charge is 2.02. The van der Waals surface area contributed by atoms with Gasteiger partial charge < -0.3 is 19.5 Å². The molecule has 0 aliphatic heterocycles. The quantitative estimate of drug-likeness (QED) is 0.443. The standard InChI is InChI=1S/C10H21NO4/c1-9(2)11-8-10(12)15-7-6-14-5-4-13-3/h9,11H,4-8H2,1-3H3. The van der Waals surface area contributed by atoms with Gasteiger partial charge in [-0.15, -0.1) is 0 Å². The van der Waals surface area contributed by atoms with E-state index in [0.29, 0.717) is 26.4 Å². The smallest absolute Gasteiger partial charge is 0.320 e. The van der Waals surface area contributed by atoms with E-state index in [-0.39, 0.29) is 18.6 Å². The molecule has 0 bridgehead atoms. The Hall–Kier alpha value is -0.650. The zero-order valence-corrected chi connectivity index (χ0v) is 9.75.